The molecule has 0 heterocycles. The predicted molar refractivity (Wildman–Crippen MR) is 51.2 cm³/mol. The number of nitrogens with zero attached hydrogens (tertiary/aromatic N) is 1. The van der Waals surface area contributed by atoms with Crippen molar-refractivity contribution in [3.05, 3.63) is 22.3 Å². The second-order valence-corrected chi connectivity index (χ2v) is 3.50. The quantitative estimate of drug-likeness (QED) is 0.320. The highest BCUT2D eigenvalue weighted by molar-refractivity contribution is 5.73. The van der Waals surface area contributed by atoms with E-state index in [9.17, 15) is 19.7 Å². The minimum absolute atomic E-state index is 0.136. The number of rotatable bonds is 4. The first-order valence-electron chi connectivity index (χ1n) is 4.63. The first-order valence-corrected chi connectivity index (χ1v) is 4.63. The van der Waals surface area contributed by atoms with Gasteiger partial charge in [-0.25, -0.2) is 4.79 Å². The van der Waals surface area contributed by atoms with Crippen molar-refractivity contribution >= 4 is 11.9 Å². The fourth-order valence-corrected chi connectivity index (χ4v) is 1.66. The Kier molecular flexibility index (Phi) is 3.60. The molecule has 0 saturated heterocycles. The number of hydrogen-bond acceptors (Lipinski definition) is 5. The van der Waals surface area contributed by atoms with Crippen LogP contribution >= 0.6 is 0 Å². The summed E-state index contributed by atoms with van der Waals surface area (Å²) in [5, 5.41) is 19.2. The first-order chi connectivity index (χ1) is 7.41. The third-order valence-electron chi connectivity index (χ3n) is 2.28. The van der Waals surface area contributed by atoms with E-state index in [-0.39, 0.29) is 6.42 Å². The van der Waals surface area contributed by atoms with Crippen molar-refractivity contribution in [1.29, 1.82) is 0 Å². The summed E-state index contributed by atoms with van der Waals surface area (Å²) in [6.07, 6.45) is 2.46. The number of nitro groups is 1. The van der Waals surface area contributed by atoms with E-state index in [1.54, 1.807) is 0 Å². The topological polar surface area (TPSA) is 107 Å². The maximum absolute atomic E-state index is 10.7. The number of carboxylic acid groups (broad SMARTS) is 1. The molecule has 1 rings (SSSR count). The van der Waals surface area contributed by atoms with E-state index in [1.807, 2.05) is 0 Å². The highest BCUT2D eigenvalue weighted by Gasteiger charge is 2.41. The maximum Gasteiger partial charge on any atom is 0.379 e. The Labute approximate surface area is 90.8 Å². The molecule has 0 amide bonds. The van der Waals surface area contributed by atoms with Crippen molar-refractivity contribution in [2.24, 2.45) is 5.92 Å². The van der Waals surface area contributed by atoms with Crippen molar-refractivity contribution in [3.63, 3.8) is 0 Å². The van der Waals surface area contributed by atoms with Gasteiger partial charge in [0.15, 0.2) is 0 Å². The molecule has 0 radical (unpaired) electrons. The summed E-state index contributed by atoms with van der Waals surface area (Å²) in [7, 11) is 0. The number of carbonyl (C=O) groups excluding carboxylic acids is 1. The monoisotopic (exact) mass is 229 g/mol. The average molecular weight is 229 g/mol. The minimum atomic E-state index is -1.68. The summed E-state index contributed by atoms with van der Waals surface area (Å²) in [4.78, 5) is 31.0. The summed E-state index contributed by atoms with van der Waals surface area (Å²) in [5.41, 5.74) is 0. The van der Waals surface area contributed by atoms with Gasteiger partial charge in [0.25, 0.3) is 0 Å². The van der Waals surface area contributed by atoms with Gasteiger partial charge in [-0.15, -0.1) is 0 Å². The summed E-state index contributed by atoms with van der Waals surface area (Å²) in [5.74, 6) is -2.72. The van der Waals surface area contributed by atoms with Crippen LogP contribution in [0.3, 0.4) is 0 Å². The number of carboxylic acids is 1. The van der Waals surface area contributed by atoms with Crippen molar-refractivity contribution in [3.8, 4) is 0 Å². The van der Waals surface area contributed by atoms with E-state index in [1.165, 1.54) is 19.1 Å². The number of aliphatic carboxylic acids is 1. The highest BCUT2D eigenvalue weighted by atomic mass is 16.6. The molecule has 0 aliphatic heterocycles. The number of esters is 1. The molecule has 1 aliphatic carbocycles. The van der Waals surface area contributed by atoms with E-state index < -0.39 is 34.9 Å². The number of hydrogen-bond donors (Lipinski definition) is 1. The first kappa shape index (κ1) is 12.2. The van der Waals surface area contributed by atoms with E-state index in [0.29, 0.717) is 0 Å². The molecule has 0 bridgehead atoms. The molecule has 0 spiro atoms. The molecule has 1 aliphatic rings. The van der Waals surface area contributed by atoms with Crippen molar-refractivity contribution in [2.75, 3.05) is 0 Å². The van der Waals surface area contributed by atoms with Gasteiger partial charge >= 0.3 is 18.0 Å². The second-order valence-electron chi connectivity index (χ2n) is 3.50. The average Bonchev–Trinajstić information content (AvgIpc) is 2.50. The van der Waals surface area contributed by atoms with Gasteiger partial charge in [0.05, 0.1) is 5.92 Å². The molecule has 7 heteroatoms. The third-order valence-corrected chi connectivity index (χ3v) is 2.28. The lowest BCUT2D eigenvalue weighted by Gasteiger charge is -2.13. The van der Waals surface area contributed by atoms with Gasteiger partial charge in [0, 0.05) is 18.3 Å². The zero-order valence-corrected chi connectivity index (χ0v) is 8.53. The molecule has 7 nitrogen and oxygen atoms in total. The summed E-state index contributed by atoms with van der Waals surface area (Å²) in [6.45, 7) is 1.23. The van der Waals surface area contributed by atoms with E-state index >= 15 is 0 Å². The lowest BCUT2D eigenvalue weighted by atomic mass is 9.99. The normalized spacial score (nSPS) is 25.1. The molecule has 1 unspecified atom stereocenters. The number of carbonyl (C=O) groups is 2. The molecule has 3 atom stereocenters. The lowest BCUT2D eigenvalue weighted by molar-refractivity contribution is -0.517. The van der Waals surface area contributed by atoms with Crippen LogP contribution in [0.1, 0.15) is 13.3 Å². The second kappa shape index (κ2) is 4.73. The van der Waals surface area contributed by atoms with Crippen molar-refractivity contribution in [2.45, 2.75) is 25.5 Å². The molecule has 0 aromatic heterocycles. The van der Waals surface area contributed by atoms with Crippen LogP contribution in [0.5, 0.6) is 0 Å². The van der Waals surface area contributed by atoms with Crippen molar-refractivity contribution < 1.29 is 24.4 Å². The van der Waals surface area contributed by atoms with Crippen LogP contribution in [-0.2, 0) is 14.3 Å². The summed E-state index contributed by atoms with van der Waals surface area (Å²) >= 11 is 0. The van der Waals surface area contributed by atoms with E-state index in [2.05, 4.69) is 0 Å². The van der Waals surface area contributed by atoms with Gasteiger partial charge < -0.3 is 9.84 Å². The molecule has 16 heavy (non-hydrogen) atoms. The van der Waals surface area contributed by atoms with E-state index in [4.69, 9.17) is 9.84 Å². The highest BCUT2D eigenvalue weighted by Crippen LogP contribution is 2.25. The predicted octanol–water partition coefficient (Wildman–Crippen LogP) is 0.224. The van der Waals surface area contributed by atoms with Gasteiger partial charge in [-0.1, -0.05) is 6.08 Å². The Morgan fingerprint density at radius 1 is 1.56 bits per heavy atom. The maximum atomic E-state index is 10.7. The van der Waals surface area contributed by atoms with Crippen LogP contribution in [0.4, 0.5) is 0 Å². The molecule has 0 aromatic carbocycles. The Morgan fingerprint density at radius 2 is 2.19 bits per heavy atom. The molecular formula is C9H11NO6. The smallest absolute Gasteiger partial charge is 0.379 e. The Bertz CT molecular complexity index is 336. The van der Waals surface area contributed by atoms with Crippen LogP contribution in [-0.4, -0.2) is 34.1 Å². The Morgan fingerprint density at radius 3 is 2.62 bits per heavy atom. The largest absolute Gasteiger partial charge is 0.476 e. The van der Waals surface area contributed by atoms with Crippen LogP contribution < -0.4 is 0 Å². The zero-order chi connectivity index (χ0) is 12.3. The van der Waals surface area contributed by atoms with Crippen LogP contribution in [0.25, 0.3) is 0 Å². The summed E-state index contributed by atoms with van der Waals surface area (Å²) in [6, 6.07) is -1.68. The SMILES string of the molecule is CC(=O)O[C@@H]1C=C[C@H](C(C(=O)O)[N+](=O)[O-])C1. The van der Waals surface area contributed by atoms with Crippen LogP contribution in [0.15, 0.2) is 12.2 Å². The standard InChI is InChI=1S/C9H11NO6/c1-5(11)16-7-3-2-6(4-7)8(9(12)13)10(14)15/h2-3,6-8H,4H2,1H3,(H,12,13)/t6-,7+,8?/m0/s1. The Balaban J connectivity index is 2.65. The third kappa shape index (κ3) is 2.78. The molecule has 88 valence electrons. The van der Waals surface area contributed by atoms with Crippen LogP contribution in [0, 0.1) is 16.0 Å². The molecule has 1 N–H and O–H groups in total. The molecular weight excluding hydrogens is 218 g/mol. The molecule has 0 fully saturated rings. The van der Waals surface area contributed by atoms with Gasteiger partial charge in [-0.05, 0) is 6.08 Å². The fraction of sp³-hybridized carbons (Fsp3) is 0.556. The van der Waals surface area contributed by atoms with Crippen LogP contribution in [0.2, 0.25) is 0 Å². The van der Waals surface area contributed by atoms with Gasteiger partial charge in [-0.2, -0.15) is 0 Å². The Hall–Kier alpha value is -1.92. The van der Waals surface area contributed by atoms with Gasteiger partial charge in [0.2, 0.25) is 0 Å². The lowest BCUT2D eigenvalue weighted by Crippen LogP contribution is -2.36. The summed E-state index contributed by atoms with van der Waals surface area (Å²) < 4.78 is 4.81. The molecule has 0 aromatic rings. The van der Waals surface area contributed by atoms with E-state index in [0.717, 1.165) is 0 Å². The number of ether oxygens (including phenoxy) is 1. The zero-order valence-electron chi connectivity index (χ0n) is 8.53. The molecule has 0 saturated carbocycles. The van der Waals surface area contributed by atoms with Gasteiger partial charge in [-0.3, -0.25) is 14.9 Å². The fourth-order valence-electron chi connectivity index (χ4n) is 1.66. The van der Waals surface area contributed by atoms with Gasteiger partial charge in [0.1, 0.15) is 6.10 Å². The minimum Gasteiger partial charge on any atom is -0.476 e. The van der Waals surface area contributed by atoms with Crippen molar-refractivity contribution in [1.82, 2.24) is 0 Å².